The van der Waals surface area contributed by atoms with Crippen molar-refractivity contribution >= 4 is 38.1 Å². The Bertz CT molecular complexity index is 1200. The molecule has 2 aromatic carbocycles. The highest BCUT2D eigenvalue weighted by atomic mass is 79.9. The maximum atomic E-state index is 12.3. The molecule has 0 saturated heterocycles. The summed E-state index contributed by atoms with van der Waals surface area (Å²) in [5.74, 6) is 1.20. The molecular weight excluding hydrogens is 502 g/mol. The molecule has 0 spiro atoms. The Kier molecular flexibility index (Phi) is 7.67. The van der Waals surface area contributed by atoms with Gasteiger partial charge in [0.2, 0.25) is 10.0 Å². The van der Waals surface area contributed by atoms with E-state index in [4.69, 9.17) is 13.9 Å². The first kappa shape index (κ1) is 23.5. The Labute approximate surface area is 193 Å². The fraction of sp³-hybridized carbons (Fsp3) is 0.143. The third-order valence-corrected chi connectivity index (χ3v) is 6.16. The summed E-state index contributed by atoms with van der Waals surface area (Å²) in [5, 5.41) is 3.86. The lowest BCUT2D eigenvalue weighted by Crippen LogP contribution is -2.22. The van der Waals surface area contributed by atoms with Crippen molar-refractivity contribution in [3.63, 3.8) is 0 Å². The normalized spacial score (nSPS) is 11.5. The summed E-state index contributed by atoms with van der Waals surface area (Å²) in [5.41, 5.74) is 2.69. The third kappa shape index (κ3) is 6.19. The van der Waals surface area contributed by atoms with Crippen LogP contribution in [0.5, 0.6) is 11.5 Å². The van der Waals surface area contributed by atoms with Gasteiger partial charge in [-0.1, -0.05) is 15.9 Å². The van der Waals surface area contributed by atoms with E-state index in [1.807, 2.05) is 0 Å². The van der Waals surface area contributed by atoms with Crippen molar-refractivity contribution in [2.75, 3.05) is 14.2 Å². The first-order valence-electron chi connectivity index (χ1n) is 9.21. The quantitative estimate of drug-likeness (QED) is 0.329. The van der Waals surface area contributed by atoms with Gasteiger partial charge in [-0.3, -0.25) is 4.79 Å². The molecule has 2 N–H and O–H groups in total. The van der Waals surface area contributed by atoms with Crippen molar-refractivity contribution in [3.05, 3.63) is 76.2 Å². The summed E-state index contributed by atoms with van der Waals surface area (Å²) in [7, 11) is -0.702. The van der Waals surface area contributed by atoms with Gasteiger partial charge in [0.25, 0.3) is 5.91 Å². The average molecular weight is 522 g/mol. The molecule has 32 heavy (non-hydrogen) atoms. The molecule has 168 valence electrons. The average Bonchev–Trinajstić information content (AvgIpc) is 3.25. The highest BCUT2D eigenvalue weighted by Gasteiger charge is 2.14. The lowest BCUT2D eigenvalue weighted by Gasteiger charge is -2.07. The molecule has 0 bridgehead atoms. The van der Waals surface area contributed by atoms with Gasteiger partial charge in [-0.25, -0.2) is 18.6 Å². The van der Waals surface area contributed by atoms with Gasteiger partial charge in [0.1, 0.15) is 23.0 Å². The molecule has 1 aromatic heterocycles. The number of furan rings is 1. The van der Waals surface area contributed by atoms with Crippen LogP contribution in [-0.2, 0) is 16.6 Å². The number of ether oxygens (including phenoxy) is 2. The molecule has 9 nitrogen and oxygen atoms in total. The second-order valence-corrected chi connectivity index (χ2v) is 9.07. The molecule has 3 aromatic rings. The molecule has 0 fully saturated rings. The van der Waals surface area contributed by atoms with Gasteiger partial charge in [0.15, 0.2) is 0 Å². The molecule has 0 unspecified atom stereocenters. The highest BCUT2D eigenvalue weighted by Crippen LogP contribution is 2.22. The Hall–Kier alpha value is -3.15. The van der Waals surface area contributed by atoms with Crippen LogP contribution in [0, 0.1) is 0 Å². The van der Waals surface area contributed by atoms with E-state index in [9.17, 15) is 13.2 Å². The fourth-order valence-corrected chi connectivity index (χ4v) is 3.84. The largest absolute Gasteiger partial charge is 0.497 e. The zero-order valence-corrected chi connectivity index (χ0v) is 19.6. The molecule has 1 heterocycles. The predicted molar refractivity (Wildman–Crippen MR) is 121 cm³/mol. The van der Waals surface area contributed by atoms with Crippen molar-refractivity contribution in [1.29, 1.82) is 0 Å². The van der Waals surface area contributed by atoms with Crippen LogP contribution >= 0.6 is 15.9 Å². The number of hydrazone groups is 1. The number of halogens is 1. The topological polar surface area (TPSA) is 119 Å². The number of nitrogens with one attached hydrogen (secondary N) is 2. The van der Waals surface area contributed by atoms with Crippen molar-refractivity contribution in [2.45, 2.75) is 11.4 Å². The molecule has 1 amide bonds. The van der Waals surface area contributed by atoms with Gasteiger partial charge in [-0.15, -0.1) is 0 Å². The Morgan fingerprint density at radius 3 is 2.34 bits per heavy atom. The second kappa shape index (κ2) is 10.4. The number of benzene rings is 2. The van der Waals surface area contributed by atoms with Gasteiger partial charge < -0.3 is 13.9 Å². The van der Waals surface area contributed by atoms with Crippen LogP contribution in [0.25, 0.3) is 0 Å². The lowest BCUT2D eigenvalue weighted by atomic mass is 10.2. The smallest absolute Gasteiger partial charge is 0.271 e. The molecule has 0 saturated carbocycles. The van der Waals surface area contributed by atoms with E-state index in [-0.39, 0.29) is 11.4 Å². The molecule has 0 aliphatic carbocycles. The van der Waals surface area contributed by atoms with Crippen LogP contribution in [0.1, 0.15) is 21.9 Å². The van der Waals surface area contributed by atoms with E-state index in [0.29, 0.717) is 28.6 Å². The van der Waals surface area contributed by atoms with Gasteiger partial charge in [-0.2, -0.15) is 5.10 Å². The molecule has 0 aliphatic heterocycles. The van der Waals surface area contributed by atoms with Gasteiger partial charge >= 0.3 is 0 Å². The van der Waals surface area contributed by atoms with Gasteiger partial charge in [0.05, 0.1) is 31.9 Å². The van der Waals surface area contributed by atoms with Crippen LogP contribution in [-0.4, -0.2) is 34.8 Å². The van der Waals surface area contributed by atoms with Crippen LogP contribution in [0.15, 0.2) is 73.5 Å². The molecule has 3 rings (SSSR count). The number of sulfonamides is 1. The number of hydrogen-bond acceptors (Lipinski definition) is 7. The zero-order chi connectivity index (χ0) is 23.1. The third-order valence-electron chi connectivity index (χ3n) is 4.21. The Morgan fingerprint density at radius 2 is 1.72 bits per heavy atom. The molecule has 0 atom stereocenters. The van der Waals surface area contributed by atoms with E-state index >= 15 is 0 Å². The lowest BCUT2D eigenvalue weighted by molar-refractivity contribution is 0.0954. The van der Waals surface area contributed by atoms with Gasteiger partial charge in [0, 0.05) is 16.1 Å². The number of carbonyl (C=O) groups is 1. The number of carbonyl (C=O) groups excluding carboxylic acids is 1. The minimum Gasteiger partial charge on any atom is -0.497 e. The number of hydrogen-bond donors (Lipinski definition) is 2. The van der Waals surface area contributed by atoms with E-state index in [1.165, 1.54) is 32.6 Å². The number of nitrogens with zero attached hydrogens (tertiary/aromatic N) is 1. The summed E-state index contributed by atoms with van der Waals surface area (Å²) >= 11 is 3.27. The predicted octanol–water partition coefficient (Wildman–Crippen LogP) is 3.30. The van der Waals surface area contributed by atoms with Crippen LogP contribution < -0.4 is 19.6 Å². The number of rotatable bonds is 9. The highest BCUT2D eigenvalue weighted by molar-refractivity contribution is 9.10. The first-order chi connectivity index (χ1) is 15.3. The van der Waals surface area contributed by atoms with Crippen molar-refractivity contribution in [2.24, 2.45) is 5.10 Å². The molecule has 11 heteroatoms. The summed E-state index contributed by atoms with van der Waals surface area (Å²) in [4.78, 5) is 12.4. The summed E-state index contributed by atoms with van der Waals surface area (Å²) < 4.78 is 43.7. The van der Waals surface area contributed by atoms with Crippen molar-refractivity contribution < 1.29 is 27.1 Å². The van der Waals surface area contributed by atoms with Crippen LogP contribution in [0.3, 0.4) is 0 Å². The first-order valence-corrected chi connectivity index (χ1v) is 11.5. The minimum absolute atomic E-state index is 0.0395. The fourth-order valence-electron chi connectivity index (χ4n) is 2.58. The van der Waals surface area contributed by atoms with Crippen LogP contribution in [0.2, 0.25) is 0 Å². The molecule has 0 aliphatic rings. The summed E-state index contributed by atoms with van der Waals surface area (Å²) in [6, 6.07) is 14.2. The maximum Gasteiger partial charge on any atom is 0.271 e. The monoisotopic (exact) mass is 521 g/mol. The van der Waals surface area contributed by atoms with E-state index in [0.717, 1.165) is 4.47 Å². The zero-order valence-electron chi connectivity index (χ0n) is 17.2. The molecular formula is C21H20BrN3O6S. The second-order valence-electron chi connectivity index (χ2n) is 6.38. The van der Waals surface area contributed by atoms with Gasteiger partial charge in [-0.05, 0) is 48.5 Å². The van der Waals surface area contributed by atoms with E-state index in [2.05, 4.69) is 31.2 Å². The summed E-state index contributed by atoms with van der Waals surface area (Å²) in [6.07, 6.45) is 1.31. The van der Waals surface area contributed by atoms with Crippen molar-refractivity contribution in [3.8, 4) is 11.5 Å². The maximum absolute atomic E-state index is 12.3. The van der Waals surface area contributed by atoms with Crippen LogP contribution in [0.4, 0.5) is 0 Å². The Balaban J connectivity index is 1.58. The summed E-state index contributed by atoms with van der Waals surface area (Å²) in [6.45, 7) is -0.0395. The number of amides is 1. The Morgan fingerprint density at radius 1 is 1.06 bits per heavy atom. The van der Waals surface area contributed by atoms with E-state index in [1.54, 1.807) is 42.5 Å². The van der Waals surface area contributed by atoms with E-state index < -0.39 is 15.9 Å². The van der Waals surface area contributed by atoms with Crippen molar-refractivity contribution in [1.82, 2.24) is 10.1 Å². The number of methoxy groups -OCH3 is 2. The SMILES string of the molecule is COc1cc(OC)cc(C(=O)N/N=C\c2ccc(CNS(=O)(=O)c3ccc(Br)cc3)o2)c1. The molecule has 0 radical (unpaired) electrons. The minimum atomic E-state index is -3.68. The standard InChI is InChI=1S/C21H20BrN3O6S/c1-29-18-9-14(10-19(11-18)30-2)21(26)25-23-12-16-5-6-17(31-16)13-24-32(27,28)20-7-3-15(22)4-8-20/h3-12,24H,13H2,1-2H3,(H,25,26)/b23-12-.